The molecule has 0 bridgehead atoms. The normalized spacial score (nSPS) is 22.5. The van der Waals surface area contributed by atoms with Gasteiger partial charge in [-0.2, -0.15) is 5.10 Å². The average molecular weight is 250 g/mol. The highest BCUT2D eigenvalue weighted by molar-refractivity contribution is 5.12. The van der Waals surface area contributed by atoms with Crippen molar-refractivity contribution >= 4 is 0 Å². The summed E-state index contributed by atoms with van der Waals surface area (Å²) in [6, 6.07) is 0.354. The van der Waals surface area contributed by atoms with E-state index in [4.69, 9.17) is 5.73 Å². The number of aromatic nitrogens is 2. The standard InChI is InChI=1S/C14H26N4/c1-3-5-12-6-7-17(10-12)14(8-15)13-9-16-18(4-2)11-13/h9,11-12,14H,3-8,10,15H2,1-2H3. The van der Waals surface area contributed by atoms with Crippen LogP contribution in [0.25, 0.3) is 0 Å². The molecule has 102 valence electrons. The van der Waals surface area contributed by atoms with Gasteiger partial charge in [0.2, 0.25) is 0 Å². The monoisotopic (exact) mass is 250 g/mol. The lowest BCUT2D eigenvalue weighted by molar-refractivity contribution is 0.239. The zero-order valence-corrected chi connectivity index (χ0v) is 11.7. The lowest BCUT2D eigenvalue weighted by Gasteiger charge is -2.25. The molecule has 1 aliphatic rings. The Morgan fingerprint density at radius 2 is 2.33 bits per heavy atom. The van der Waals surface area contributed by atoms with Crippen LogP contribution in [0.4, 0.5) is 0 Å². The summed E-state index contributed by atoms with van der Waals surface area (Å²) in [7, 11) is 0. The fourth-order valence-corrected chi connectivity index (χ4v) is 3.01. The Hall–Kier alpha value is -0.870. The van der Waals surface area contributed by atoms with Crippen molar-refractivity contribution in [1.29, 1.82) is 0 Å². The Kier molecular flexibility index (Phi) is 4.78. The van der Waals surface area contributed by atoms with Crippen molar-refractivity contribution in [3.8, 4) is 0 Å². The van der Waals surface area contributed by atoms with E-state index >= 15 is 0 Å². The first-order chi connectivity index (χ1) is 8.78. The molecule has 18 heavy (non-hydrogen) atoms. The first-order valence-corrected chi connectivity index (χ1v) is 7.24. The Morgan fingerprint density at radius 1 is 1.50 bits per heavy atom. The summed E-state index contributed by atoms with van der Waals surface area (Å²) < 4.78 is 1.98. The fraction of sp³-hybridized carbons (Fsp3) is 0.786. The molecular formula is C14H26N4. The largest absolute Gasteiger partial charge is 0.329 e. The van der Waals surface area contributed by atoms with Crippen LogP contribution in [0.3, 0.4) is 0 Å². The lowest BCUT2D eigenvalue weighted by Crippen LogP contribution is -2.31. The number of likely N-dealkylation sites (tertiary alicyclic amines) is 1. The van der Waals surface area contributed by atoms with Gasteiger partial charge in [-0.25, -0.2) is 0 Å². The van der Waals surface area contributed by atoms with Gasteiger partial charge in [-0.05, 0) is 32.2 Å². The van der Waals surface area contributed by atoms with Gasteiger partial charge < -0.3 is 5.73 Å². The van der Waals surface area contributed by atoms with E-state index < -0.39 is 0 Å². The Balaban J connectivity index is 2.01. The van der Waals surface area contributed by atoms with E-state index in [-0.39, 0.29) is 0 Å². The molecule has 1 aromatic heterocycles. The number of aryl methyl sites for hydroxylation is 1. The Bertz CT molecular complexity index is 360. The quantitative estimate of drug-likeness (QED) is 0.840. The number of nitrogens with two attached hydrogens (primary N) is 1. The van der Waals surface area contributed by atoms with E-state index in [1.54, 1.807) is 0 Å². The van der Waals surface area contributed by atoms with Crippen LogP contribution in [0.2, 0.25) is 0 Å². The van der Waals surface area contributed by atoms with E-state index in [1.165, 1.54) is 37.9 Å². The smallest absolute Gasteiger partial charge is 0.0538 e. The van der Waals surface area contributed by atoms with Crippen LogP contribution in [0.5, 0.6) is 0 Å². The van der Waals surface area contributed by atoms with Gasteiger partial charge in [0.05, 0.1) is 12.2 Å². The average Bonchev–Trinajstić information content (AvgIpc) is 3.01. The third-order valence-corrected chi connectivity index (χ3v) is 4.04. The highest BCUT2D eigenvalue weighted by Crippen LogP contribution is 2.28. The molecule has 1 saturated heterocycles. The third kappa shape index (κ3) is 2.93. The van der Waals surface area contributed by atoms with Gasteiger partial charge in [0.15, 0.2) is 0 Å². The van der Waals surface area contributed by atoms with E-state index in [0.29, 0.717) is 12.6 Å². The minimum atomic E-state index is 0.354. The topological polar surface area (TPSA) is 47.1 Å². The second-order valence-electron chi connectivity index (χ2n) is 5.32. The predicted octanol–water partition coefficient (Wildman–Crippen LogP) is 2.02. The van der Waals surface area contributed by atoms with Gasteiger partial charge in [0, 0.05) is 31.4 Å². The molecule has 2 heterocycles. The molecular weight excluding hydrogens is 224 g/mol. The van der Waals surface area contributed by atoms with Crippen LogP contribution in [0.15, 0.2) is 12.4 Å². The predicted molar refractivity (Wildman–Crippen MR) is 74.3 cm³/mol. The van der Waals surface area contributed by atoms with Gasteiger partial charge in [0.1, 0.15) is 0 Å². The number of hydrogen-bond acceptors (Lipinski definition) is 3. The molecule has 1 aromatic rings. The minimum Gasteiger partial charge on any atom is -0.329 e. The van der Waals surface area contributed by atoms with Crippen molar-refractivity contribution in [2.75, 3.05) is 19.6 Å². The molecule has 4 nitrogen and oxygen atoms in total. The van der Waals surface area contributed by atoms with Crippen LogP contribution in [0, 0.1) is 5.92 Å². The van der Waals surface area contributed by atoms with Gasteiger partial charge >= 0.3 is 0 Å². The van der Waals surface area contributed by atoms with Crippen molar-refractivity contribution in [3.63, 3.8) is 0 Å². The molecule has 0 aliphatic carbocycles. The van der Waals surface area contributed by atoms with Crippen molar-refractivity contribution in [1.82, 2.24) is 14.7 Å². The molecule has 1 aliphatic heterocycles. The van der Waals surface area contributed by atoms with Crippen LogP contribution >= 0.6 is 0 Å². The van der Waals surface area contributed by atoms with E-state index in [9.17, 15) is 0 Å². The zero-order valence-electron chi connectivity index (χ0n) is 11.7. The summed E-state index contributed by atoms with van der Waals surface area (Å²) in [5, 5.41) is 4.36. The molecule has 2 unspecified atom stereocenters. The van der Waals surface area contributed by atoms with Crippen molar-refractivity contribution < 1.29 is 0 Å². The molecule has 0 aromatic carbocycles. The van der Waals surface area contributed by atoms with E-state index in [0.717, 1.165) is 12.5 Å². The molecule has 4 heteroatoms. The highest BCUT2D eigenvalue weighted by atomic mass is 15.3. The number of nitrogens with zero attached hydrogens (tertiary/aromatic N) is 3. The summed E-state index contributed by atoms with van der Waals surface area (Å²) in [6.45, 7) is 8.39. The maximum Gasteiger partial charge on any atom is 0.0538 e. The molecule has 0 spiro atoms. The van der Waals surface area contributed by atoms with Crippen LogP contribution in [-0.2, 0) is 6.54 Å². The third-order valence-electron chi connectivity index (χ3n) is 4.04. The molecule has 0 amide bonds. The lowest BCUT2D eigenvalue weighted by atomic mass is 10.0. The molecule has 2 N–H and O–H groups in total. The van der Waals surface area contributed by atoms with E-state index in [1.807, 2.05) is 10.9 Å². The second kappa shape index (κ2) is 6.34. The highest BCUT2D eigenvalue weighted by Gasteiger charge is 2.28. The van der Waals surface area contributed by atoms with Gasteiger partial charge in [0.25, 0.3) is 0 Å². The van der Waals surface area contributed by atoms with Crippen LogP contribution < -0.4 is 5.73 Å². The summed E-state index contributed by atoms with van der Waals surface area (Å²) in [5.41, 5.74) is 7.25. The molecule has 1 fully saturated rings. The molecule has 2 rings (SSSR count). The number of hydrogen-bond donors (Lipinski definition) is 1. The Labute approximate surface area is 110 Å². The molecule has 2 atom stereocenters. The maximum atomic E-state index is 5.98. The van der Waals surface area contributed by atoms with Crippen molar-refractivity contribution in [2.24, 2.45) is 11.7 Å². The summed E-state index contributed by atoms with van der Waals surface area (Å²) in [6.07, 6.45) is 8.09. The van der Waals surface area contributed by atoms with Crippen LogP contribution in [-0.4, -0.2) is 34.3 Å². The summed E-state index contributed by atoms with van der Waals surface area (Å²) in [5.74, 6) is 0.866. The van der Waals surface area contributed by atoms with Crippen LogP contribution in [0.1, 0.15) is 44.7 Å². The molecule has 0 radical (unpaired) electrons. The van der Waals surface area contributed by atoms with Gasteiger partial charge in [-0.3, -0.25) is 9.58 Å². The Morgan fingerprint density at radius 3 is 2.94 bits per heavy atom. The van der Waals surface area contributed by atoms with E-state index in [2.05, 4.69) is 30.0 Å². The minimum absolute atomic E-state index is 0.354. The first kappa shape index (κ1) is 13.6. The fourth-order valence-electron chi connectivity index (χ4n) is 3.01. The summed E-state index contributed by atoms with van der Waals surface area (Å²) in [4.78, 5) is 2.54. The zero-order chi connectivity index (χ0) is 13.0. The number of rotatable bonds is 6. The van der Waals surface area contributed by atoms with Crippen molar-refractivity contribution in [3.05, 3.63) is 18.0 Å². The first-order valence-electron chi connectivity index (χ1n) is 7.24. The summed E-state index contributed by atoms with van der Waals surface area (Å²) >= 11 is 0. The van der Waals surface area contributed by atoms with Gasteiger partial charge in [-0.1, -0.05) is 13.3 Å². The van der Waals surface area contributed by atoms with Gasteiger partial charge in [-0.15, -0.1) is 0 Å². The molecule has 0 saturated carbocycles. The SMILES string of the molecule is CCCC1CCN(C(CN)c2cnn(CC)c2)C1. The maximum absolute atomic E-state index is 5.98. The van der Waals surface area contributed by atoms with Crippen molar-refractivity contribution in [2.45, 2.75) is 45.7 Å². The second-order valence-corrected chi connectivity index (χ2v) is 5.32.